The molecule has 0 bridgehead atoms. The Kier molecular flexibility index (Phi) is 5.52. The molecule has 2 fully saturated rings. The van der Waals surface area contributed by atoms with Crippen LogP contribution in [0.15, 0.2) is 0 Å². The van der Waals surface area contributed by atoms with Gasteiger partial charge in [-0.2, -0.15) is 0 Å². The summed E-state index contributed by atoms with van der Waals surface area (Å²) in [5.74, 6) is 1.05. The number of likely N-dealkylation sites (tertiary alicyclic amines) is 1. The van der Waals surface area contributed by atoms with Crippen LogP contribution in [-0.2, 0) is 9.53 Å². The highest BCUT2D eigenvalue weighted by molar-refractivity contribution is 5.85. The smallest absolute Gasteiger partial charge is 0.236 e. The highest BCUT2D eigenvalue weighted by Gasteiger charge is 2.26. The molecule has 1 aliphatic heterocycles. The molecule has 1 amide bonds. The van der Waals surface area contributed by atoms with Crippen molar-refractivity contribution in [3.05, 3.63) is 0 Å². The van der Waals surface area contributed by atoms with Gasteiger partial charge in [0.2, 0.25) is 5.91 Å². The molecule has 0 aromatic rings. The predicted octanol–water partition coefficient (Wildman–Crippen LogP) is 0.655. The first-order chi connectivity index (χ1) is 7.29. The van der Waals surface area contributed by atoms with Crippen molar-refractivity contribution in [2.75, 3.05) is 33.3 Å². The van der Waals surface area contributed by atoms with Gasteiger partial charge in [0.25, 0.3) is 0 Å². The van der Waals surface area contributed by atoms with Crippen molar-refractivity contribution >= 4 is 18.3 Å². The molecule has 1 N–H and O–H groups in total. The third-order valence-corrected chi connectivity index (χ3v) is 3.24. The molecule has 0 aromatic heterocycles. The van der Waals surface area contributed by atoms with Crippen LogP contribution in [0.3, 0.4) is 0 Å². The second-order valence-electron chi connectivity index (χ2n) is 4.56. The van der Waals surface area contributed by atoms with Gasteiger partial charge in [-0.25, -0.2) is 0 Å². The fourth-order valence-corrected chi connectivity index (χ4v) is 1.96. The Morgan fingerprint density at radius 2 is 2.19 bits per heavy atom. The lowest BCUT2D eigenvalue weighted by Gasteiger charge is -2.16. The second-order valence-corrected chi connectivity index (χ2v) is 4.56. The van der Waals surface area contributed by atoms with Crippen LogP contribution in [-0.4, -0.2) is 50.2 Å². The standard InChI is InChI=1S/C11H20N2O2.ClH/c1-15-10-4-5-13(8-10)11(14)7-12-6-9-2-3-9;/h9-10,12H,2-8H2,1H3;1H/t10-;/m0./s1. The minimum absolute atomic E-state index is 0. The molecule has 1 saturated carbocycles. The van der Waals surface area contributed by atoms with E-state index in [1.165, 1.54) is 12.8 Å². The lowest BCUT2D eigenvalue weighted by atomic mass is 10.3. The van der Waals surface area contributed by atoms with E-state index in [0.717, 1.165) is 32.0 Å². The average molecular weight is 249 g/mol. The summed E-state index contributed by atoms with van der Waals surface area (Å²) in [6.45, 7) is 3.11. The van der Waals surface area contributed by atoms with Crippen LogP contribution < -0.4 is 5.32 Å². The van der Waals surface area contributed by atoms with Gasteiger partial charge in [-0.15, -0.1) is 12.4 Å². The van der Waals surface area contributed by atoms with E-state index in [0.29, 0.717) is 6.54 Å². The van der Waals surface area contributed by atoms with E-state index in [4.69, 9.17) is 4.74 Å². The van der Waals surface area contributed by atoms with Crippen LogP contribution in [0.4, 0.5) is 0 Å². The first-order valence-corrected chi connectivity index (χ1v) is 5.81. The van der Waals surface area contributed by atoms with Gasteiger partial charge in [-0.3, -0.25) is 4.79 Å². The Bertz CT molecular complexity index is 234. The van der Waals surface area contributed by atoms with Crippen LogP contribution >= 0.6 is 12.4 Å². The summed E-state index contributed by atoms with van der Waals surface area (Å²) in [6.07, 6.45) is 3.88. The summed E-state index contributed by atoms with van der Waals surface area (Å²) in [5, 5.41) is 3.22. The molecular weight excluding hydrogens is 228 g/mol. The maximum Gasteiger partial charge on any atom is 0.236 e. The summed E-state index contributed by atoms with van der Waals surface area (Å²) in [6, 6.07) is 0. The van der Waals surface area contributed by atoms with Crippen LogP contribution in [0.2, 0.25) is 0 Å². The number of hydrogen-bond donors (Lipinski definition) is 1. The van der Waals surface area contributed by atoms with Crippen molar-refractivity contribution in [1.29, 1.82) is 0 Å². The molecule has 1 aliphatic carbocycles. The molecule has 4 nitrogen and oxygen atoms in total. The minimum Gasteiger partial charge on any atom is -0.380 e. The number of halogens is 1. The fourth-order valence-electron chi connectivity index (χ4n) is 1.96. The van der Waals surface area contributed by atoms with Crippen molar-refractivity contribution in [3.63, 3.8) is 0 Å². The molecule has 16 heavy (non-hydrogen) atoms. The van der Waals surface area contributed by atoms with Gasteiger partial charge in [0.05, 0.1) is 12.6 Å². The minimum atomic E-state index is 0. The number of amides is 1. The molecule has 1 heterocycles. The molecular formula is C11H21ClN2O2. The molecule has 0 aromatic carbocycles. The number of rotatable bonds is 5. The summed E-state index contributed by atoms with van der Waals surface area (Å²) in [5.41, 5.74) is 0. The average Bonchev–Trinajstić information content (AvgIpc) is 2.94. The van der Waals surface area contributed by atoms with Crippen molar-refractivity contribution in [3.8, 4) is 0 Å². The van der Waals surface area contributed by atoms with Crippen molar-refractivity contribution < 1.29 is 9.53 Å². The number of ether oxygens (including phenoxy) is 1. The van der Waals surface area contributed by atoms with Gasteiger partial charge < -0.3 is 15.0 Å². The molecule has 5 heteroatoms. The zero-order valence-corrected chi connectivity index (χ0v) is 10.6. The number of hydrogen-bond acceptors (Lipinski definition) is 3. The third-order valence-electron chi connectivity index (χ3n) is 3.24. The van der Waals surface area contributed by atoms with E-state index in [1.807, 2.05) is 4.90 Å². The van der Waals surface area contributed by atoms with Crippen LogP contribution in [0.5, 0.6) is 0 Å². The van der Waals surface area contributed by atoms with E-state index >= 15 is 0 Å². The van der Waals surface area contributed by atoms with Gasteiger partial charge in [-0.05, 0) is 31.7 Å². The van der Waals surface area contributed by atoms with E-state index in [2.05, 4.69) is 5.32 Å². The normalized spacial score (nSPS) is 24.3. The Morgan fingerprint density at radius 1 is 1.44 bits per heavy atom. The van der Waals surface area contributed by atoms with E-state index in [9.17, 15) is 4.79 Å². The number of nitrogens with zero attached hydrogens (tertiary/aromatic N) is 1. The highest BCUT2D eigenvalue weighted by Crippen LogP contribution is 2.27. The van der Waals surface area contributed by atoms with E-state index in [1.54, 1.807) is 7.11 Å². The van der Waals surface area contributed by atoms with E-state index in [-0.39, 0.29) is 24.4 Å². The summed E-state index contributed by atoms with van der Waals surface area (Å²) in [4.78, 5) is 13.6. The maximum atomic E-state index is 11.7. The summed E-state index contributed by atoms with van der Waals surface area (Å²) in [7, 11) is 1.71. The lowest BCUT2D eigenvalue weighted by Crippen LogP contribution is -2.37. The van der Waals surface area contributed by atoms with Crippen molar-refractivity contribution in [2.45, 2.75) is 25.4 Å². The molecule has 1 atom stereocenters. The monoisotopic (exact) mass is 248 g/mol. The summed E-state index contributed by atoms with van der Waals surface area (Å²) >= 11 is 0. The highest BCUT2D eigenvalue weighted by atomic mass is 35.5. The van der Waals surface area contributed by atoms with Crippen LogP contribution in [0.25, 0.3) is 0 Å². The number of carbonyl (C=O) groups is 1. The second kappa shape index (κ2) is 6.42. The first kappa shape index (κ1) is 13.7. The molecule has 0 unspecified atom stereocenters. The third kappa shape index (κ3) is 3.92. The molecule has 0 spiro atoms. The Labute approximate surface area is 103 Å². The molecule has 1 saturated heterocycles. The Hall–Kier alpha value is -0.320. The fraction of sp³-hybridized carbons (Fsp3) is 0.909. The topological polar surface area (TPSA) is 41.6 Å². The number of methoxy groups -OCH3 is 1. The van der Waals surface area contributed by atoms with Crippen molar-refractivity contribution in [1.82, 2.24) is 10.2 Å². The zero-order chi connectivity index (χ0) is 10.7. The first-order valence-electron chi connectivity index (χ1n) is 5.81. The zero-order valence-electron chi connectivity index (χ0n) is 9.78. The van der Waals surface area contributed by atoms with Crippen molar-refractivity contribution in [2.24, 2.45) is 5.92 Å². The SMILES string of the molecule is CO[C@H]1CCN(C(=O)CNCC2CC2)C1.Cl. The van der Waals surface area contributed by atoms with Gasteiger partial charge >= 0.3 is 0 Å². The largest absolute Gasteiger partial charge is 0.380 e. The summed E-state index contributed by atoms with van der Waals surface area (Å²) < 4.78 is 5.23. The Balaban J connectivity index is 0.00000128. The van der Waals surface area contributed by atoms with Gasteiger partial charge in [-0.1, -0.05) is 0 Å². The van der Waals surface area contributed by atoms with Gasteiger partial charge in [0, 0.05) is 20.2 Å². The molecule has 2 rings (SSSR count). The van der Waals surface area contributed by atoms with Gasteiger partial charge in [0.15, 0.2) is 0 Å². The van der Waals surface area contributed by atoms with Gasteiger partial charge in [0.1, 0.15) is 0 Å². The predicted molar refractivity (Wildman–Crippen MR) is 64.8 cm³/mol. The number of carbonyl (C=O) groups excluding carboxylic acids is 1. The Morgan fingerprint density at radius 3 is 2.75 bits per heavy atom. The number of nitrogens with one attached hydrogen (secondary N) is 1. The maximum absolute atomic E-state index is 11.7. The van der Waals surface area contributed by atoms with E-state index < -0.39 is 0 Å². The van der Waals surface area contributed by atoms with Crippen LogP contribution in [0, 0.1) is 5.92 Å². The molecule has 2 aliphatic rings. The molecule has 0 radical (unpaired) electrons. The lowest BCUT2D eigenvalue weighted by molar-refractivity contribution is -0.129. The molecule has 94 valence electrons. The quantitative estimate of drug-likeness (QED) is 0.777. The van der Waals surface area contributed by atoms with Crippen LogP contribution in [0.1, 0.15) is 19.3 Å².